The van der Waals surface area contributed by atoms with Crippen molar-refractivity contribution in [2.24, 2.45) is 0 Å². The Morgan fingerprint density at radius 3 is 2.52 bits per heavy atom. The van der Waals surface area contributed by atoms with Crippen LogP contribution in [0.1, 0.15) is 13.8 Å². The molecular weight excluding hydrogens is 320 g/mol. The van der Waals surface area contributed by atoms with Gasteiger partial charge in [-0.25, -0.2) is 0 Å². The van der Waals surface area contributed by atoms with E-state index in [2.05, 4.69) is 24.1 Å². The highest BCUT2D eigenvalue weighted by Crippen LogP contribution is 2.35. The van der Waals surface area contributed by atoms with E-state index in [0.717, 1.165) is 24.5 Å². The first kappa shape index (κ1) is 17.0. The van der Waals surface area contributed by atoms with Gasteiger partial charge >= 0.3 is 0 Å². The first-order chi connectivity index (χ1) is 12.2. The number of hydrogen-bond acceptors (Lipinski definition) is 5. The number of carbonyl (C=O) groups excluding carboxylic acids is 1. The molecule has 1 heterocycles. The molecule has 0 radical (unpaired) electrons. The Balaban J connectivity index is 1.52. The highest BCUT2D eigenvalue weighted by atomic mass is 16.7. The number of anilines is 2. The summed E-state index contributed by atoms with van der Waals surface area (Å²) in [5, 5.41) is 2.83. The zero-order chi connectivity index (χ0) is 17.6. The fraction of sp³-hybridized carbons (Fsp3) is 0.316. The molecule has 6 heteroatoms. The van der Waals surface area contributed by atoms with Crippen LogP contribution < -0.4 is 24.4 Å². The van der Waals surface area contributed by atoms with Crippen molar-refractivity contribution in [2.45, 2.75) is 13.8 Å². The van der Waals surface area contributed by atoms with Gasteiger partial charge in [0.15, 0.2) is 18.1 Å². The molecule has 1 aliphatic heterocycles. The molecule has 2 aromatic carbocycles. The number of rotatable bonds is 7. The van der Waals surface area contributed by atoms with Gasteiger partial charge in [0.25, 0.3) is 5.91 Å². The van der Waals surface area contributed by atoms with E-state index in [1.807, 2.05) is 24.3 Å². The summed E-state index contributed by atoms with van der Waals surface area (Å²) in [5.41, 5.74) is 1.88. The summed E-state index contributed by atoms with van der Waals surface area (Å²) in [6, 6.07) is 13.0. The van der Waals surface area contributed by atoms with Gasteiger partial charge in [0.1, 0.15) is 5.75 Å². The summed E-state index contributed by atoms with van der Waals surface area (Å²) in [7, 11) is 0. The molecule has 1 aliphatic rings. The molecule has 3 rings (SSSR count). The van der Waals surface area contributed by atoms with Gasteiger partial charge in [-0.05, 0) is 50.2 Å². The summed E-state index contributed by atoms with van der Waals surface area (Å²) in [6.07, 6.45) is 0. The molecule has 1 N–H and O–H groups in total. The van der Waals surface area contributed by atoms with Crippen LogP contribution in [0, 0.1) is 0 Å². The Hall–Kier alpha value is -2.89. The van der Waals surface area contributed by atoms with Crippen molar-refractivity contribution in [3.8, 4) is 17.2 Å². The minimum atomic E-state index is -0.215. The maximum atomic E-state index is 12.0. The Morgan fingerprint density at radius 2 is 1.80 bits per heavy atom. The monoisotopic (exact) mass is 342 g/mol. The van der Waals surface area contributed by atoms with Crippen LogP contribution in [-0.2, 0) is 4.79 Å². The highest BCUT2D eigenvalue weighted by molar-refractivity contribution is 5.92. The van der Waals surface area contributed by atoms with Crippen LogP contribution in [0.15, 0.2) is 42.5 Å². The van der Waals surface area contributed by atoms with E-state index in [1.165, 1.54) is 0 Å². The van der Waals surface area contributed by atoms with E-state index in [1.54, 1.807) is 18.2 Å². The summed E-state index contributed by atoms with van der Waals surface area (Å²) in [6.45, 7) is 6.27. The molecule has 132 valence electrons. The second-order valence-corrected chi connectivity index (χ2v) is 5.57. The third-order valence-corrected chi connectivity index (χ3v) is 3.99. The molecule has 0 aromatic heterocycles. The van der Waals surface area contributed by atoms with Gasteiger partial charge in [-0.2, -0.15) is 0 Å². The van der Waals surface area contributed by atoms with Crippen molar-refractivity contribution in [2.75, 3.05) is 36.7 Å². The predicted molar refractivity (Wildman–Crippen MR) is 96.7 cm³/mol. The summed E-state index contributed by atoms with van der Waals surface area (Å²) < 4.78 is 16.0. The maximum absolute atomic E-state index is 12.0. The number of hydrogen-bond donors (Lipinski definition) is 1. The standard InChI is InChI=1S/C19H22N2O4/c1-3-21(4-2)15-7-5-14(6-8-15)20-19(22)12-23-16-9-10-17-18(11-16)25-13-24-17/h5-11H,3-4,12-13H2,1-2H3,(H,20,22). The van der Waals surface area contributed by atoms with Crippen LogP contribution >= 0.6 is 0 Å². The van der Waals surface area contributed by atoms with Crippen LogP contribution in [0.4, 0.5) is 11.4 Å². The first-order valence-electron chi connectivity index (χ1n) is 8.37. The molecule has 1 amide bonds. The first-order valence-corrected chi connectivity index (χ1v) is 8.37. The Morgan fingerprint density at radius 1 is 1.08 bits per heavy atom. The topological polar surface area (TPSA) is 60.0 Å². The zero-order valence-electron chi connectivity index (χ0n) is 14.5. The normalized spacial score (nSPS) is 11.9. The minimum absolute atomic E-state index is 0.0720. The van der Waals surface area contributed by atoms with Crippen molar-refractivity contribution in [1.82, 2.24) is 0 Å². The number of ether oxygens (including phenoxy) is 3. The summed E-state index contributed by atoms with van der Waals surface area (Å²) in [5.74, 6) is 1.67. The van der Waals surface area contributed by atoms with E-state index >= 15 is 0 Å². The van der Waals surface area contributed by atoms with E-state index in [0.29, 0.717) is 17.2 Å². The molecule has 0 saturated carbocycles. The third kappa shape index (κ3) is 4.15. The second-order valence-electron chi connectivity index (χ2n) is 5.57. The van der Waals surface area contributed by atoms with Crippen LogP contribution in [-0.4, -0.2) is 32.4 Å². The molecule has 2 aromatic rings. The van der Waals surface area contributed by atoms with Gasteiger partial charge in [-0.1, -0.05) is 0 Å². The molecular formula is C19H22N2O4. The van der Waals surface area contributed by atoms with Crippen LogP contribution in [0.25, 0.3) is 0 Å². The number of amides is 1. The average Bonchev–Trinajstić information content (AvgIpc) is 3.10. The predicted octanol–water partition coefficient (Wildman–Crippen LogP) is 3.28. The van der Waals surface area contributed by atoms with E-state index in [-0.39, 0.29) is 19.3 Å². The molecule has 0 fully saturated rings. The van der Waals surface area contributed by atoms with Crippen molar-refractivity contribution < 1.29 is 19.0 Å². The molecule has 25 heavy (non-hydrogen) atoms. The average molecular weight is 342 g/mol. The second kappa shape index (κ2) is 7.79. The van der Waals surface area contributed by atoms with Gasteiger partial charge < -0.3 is 24.4 Å². The lowest BCUT2D eigenvalue weighted by molar-refractivity contribution is -0.118. The molecule has 6 nitrogen and oxygen atoms in total. The van der Waals surface area contributed by atoms with Gasteiger partial charge in [-0.15, -0.1) is 0 Å². The molecule has 0 unspecified atom stereocenters. The fourth-order valence-corrected chi connectivity index (χ4v) is 2.66. The highest BCUT2D eigenvalue weighted by Gasteiger charge is 2.14. The maximum Gasteiger partial charge on any atom is 0.262 e. The van der Waals surface area contributed by atoms with Crippen molar-refractivity contribution in [3.63, 3.8) is 0 Å². The van der Waals surface area contributed by atoms with Crippen LogP contribution in [0.5, 0.6) is 17.2 Å². The number of nitrogens with one attached hydrogen (secondary N) is 1. The van der Waals surface area contributed by atoms with Gasteiger partial charge in [0.2, 0.25) is 6.79 Å². The number of nitrogens with zero attached hydrogens (tertiary/aromatic N) is 1. The fourth-order valence-electron chi connectivity index (χ4n) is 2.66. The lowest BCUT2D eigenvalue weighted by Crippen LogP contribution is -2.22. The zero-order valence-corrected chi connectivity index (χ0v) is 14.5. The van der Waals surface area contributed by atoms with Crippen LogP contribution in [0.3, 0.4) is 0 Å². The molecule has 0 bridgehead atoms. The van der Waals surface area contributed by atoms with E-state index in [4.69, 9.17) is 14.2 Å². The summed E-state index contributed by atoms with van der Waals surface area (Å²) in [4.78, 5) is 14.3. The van der Waals surface area contributed by atoms with Crippen molar-refractivity contribution in [1.29, 1.82) is 0 Å². The minimum Gasteiger partial charge on any atom is -0.484 e. The number of carbonyl (C=O) groups is 1. The Bertz CT molecular complexity index is 727. The van der Waals surface area contributed by atoms with E-state index in [9.17, 15) is 4.79 Å². The Kier molecular flexibility index (Phi) is 5.28. The summed E-state index contributed by atoms with van der Waals surface area (Å²) >= 11 is 0. The van der Waals surface area contributed by atoms with Crippen molar-refractivity contribution >= 4 is 17.3 Å². The Labute approximate surface area is 147 Å². The number of fused-ring (bicyclic) bond motifs is 1. The lowest BCUT2D eigenvalue weighted by Gasteiger charge is -2.21. The van der Waals surface area contributed by atoms with Gasteiger partial charge in [0.05, 0.1) is 0 Å². The third-order valence-electron chi connectivity index (χ3n) is 3.99. The van der Waals surface area contributed by atoms with Gasteiger partial charge in [-0.3, -0.25) is 4.79 Å². The SMILES string of the molecule is CCN(CC)c1ccc(NC(=O)COc2ccc3c(c2)OCO3)cc1. The van der Waals surface area contributed by atoms with E-state index < -0.39 is 0 Å². The largest absolute Gasteiger partial charge is 0.484 e. The van der Waals surface area contributed by atoms with Gasteiger partial charge in [0, 0.05) is 30.5 Å². The molecule has 0 atom stereocenters. The van der Waals surface area contributed by atoms with Crippen LogP contribution in [0.2, 0.25) is 0 Å². The van der Waals surface area contributed by atoms with Crippen molar-refractivity contribution in [3.05, 3.63) is 42.5 Å². The molecule has 0 spiro atoms. The number of benzene rings is 2. The lowest BCUT2D eigenvalue weighted by atomic mass is 10.2. The molecule has 0 aliphatic carbocycles. The smallest absolute Gasteiger partial charge is 0.262 e. The quantitative estimate of drug-likeness (QED) is 0.837. The molecule has 0 saturated heterocycles.